The number of aliphatic hydroxyl groups is 1. The Morgan fingerprint density at radius 3 is 2.31 bits per heavy atom. The van der Waals surface area contributed by atoms with Crippen LogP contribution in [0.3, 0.4) is 0 Å². The first-order valence-corrected chi connectivity index (χ1v) is 9.19. The summed E-state index contributed by atoms with van der Waals surface area (Å²) in [6.07, 6.45) is 1.18. The van der Waals surface area contributed by atoms with E-state index in [-0.39, 0.29) is 12.1 Å². The van der Waals surface area contributed by atoms with Crippen molar-refractivity contribution in [2.24, 2.45) is 0 Å². The van der Waals surface area contributed by atoms with Crippen molar-refractivity contribution in [2.75, 3.05) is 18.0 Å². The van der Waals surface area contributed by atoms with Crippen molar-refractivity contribution in [3.8, 4) is 11.1 Å². The Morgan fingerprint density at radius 2 is 1.69 bits per heavy atom. The van der Waals surface area contributed by atoms with Crippen molar-refractivity contribution >= 4 is 11.7 Å². The summed E-state index contributed by atoms with van der Waals surface area (Å²) < 4.78 is 5.65. The zero-order valence-electron chi connectivity index (χ0n) is 15.7. The maximum atomic E-state index is 12.9. The fourth-order valence-corrected chi connectivity index (χ4v) is 3.23. The number of aliphatic hydroxyl groups excluding tert-OH is 1. The average molecular weight is 353 g/mol. The van der Waals surface area contributed by atoms with Gasteiger partial charge in [-0.05, 0) is 56.9 Å². The van der Waals surface area contributed by atoms with E-state index in [1.165, 1.54) is 0 Å². The van der Waals surface area contributed by atoms with E-state index in [9.17, 15) is 9.90 Å². The molecular formula is C22H27NO3. The van der Waals surface area contributed by atoms with E-state index >= 15 is 0 Å². The Hall–Kier alpha value is -2.33. The highest BCUT2D eigenvalue weighted by molar-refractivity contribution is 5.97. The molecule has 2 aromatic carbocycles. The fraction of sp³-hybridized carbons (Fsp3) is 0.409. The van der Waals surface area contributed by atoms with Gasteiger partial charge in [-0.25, -0.2) is 4.79 Å². The van der Waals surface area contributed by atoms with Gasteiger partial charge in [-0.2, -0.15) is 0 Å². The lowest BCUT2D eigenvalue weighted by molar-refractivity contribution is 0.00703. The zero-order valence-corrected chi connectivity index (χ0v) is 15.7. The molecule has 0 spiro atoms. The Balaban J connectivity index is 1.99. The van der Waals surface area contributed by atoms with Gasteiger partial charge in [0.15, 0.2) is 0 Å². The summed E-state index contributed by atoms with van der Waals surface area (Å²) in [6, 6.07) is 16.0. The van der Waals surface area contributed by atoms with Crippen LogP contribution in [0.1, 0.15) is 44.0 Å². The molecule has 4 heteroatoms. The van der Waals surface area contributed by atoms with Gasteiger partial charge in [0.05, 0.1) is 17.4 Å². The normalized spacial score (nSPS) is 15.8. The summed E-state index contributed by atoms with van der Waals surface area (Å²) >= 11 is 0. The lowest BCUT2D eigenvalue weighted by Gasteiger charge is -2.33. The van der Waals surface area contributed by atoms with Crippen LogP contribution in [0.5, 0.6) is 0 Å². The molecule has 0 radical (unpaired) electrons. The summed E-state index contributed by atoms with van der Waals surface area (Å²) in [7, 11) is 0. The minimum Gasteiger partial charge on any atom is -0.456 e. The number of nitrogens with zero attached hydrogens (tertiary/aromatic N) is 1. The number of piperidine rings is 1. The molecular weight excluding hydrogens is 326 g/mol. The molecule has 1 aliphatic heterocycles. The highest BCUT2D eigenvalue weighted by atomic mass is 16.6. The largest absolute Gasteiger partial charge is 0.456 e. The van der Waals surface area contributed by atoms with Gasteiger partial charge in [0.1, 0.15) is 5.60 Å². The maximum Gasteiger partial charge on any atom is 0.340 e. The van der Waals surface area contributed by atoms with Gasteiger partial charge in [0.25, 0.3) is 0 Å². The number of hydrogen-bond donors (Lipinski definition) is 1. The van der Waals surface area contributed by atoms with E-state index in [2.05, 4.69) is 4.90 Å². The van der Waals surface area contributed by atoms with Crippen LogP contribution in [0, 0.1) is 0 Å². The Morgan fingerprint density at radius 1 is 1.04 bits per heavy atom. The molecule has 0 aromatic heterocycles. The van der Waals surface area contributed by atoms with Crippen molar-refractivity contribution in [1.29, 1.82) is 0 Å². The summed E-state index contributed by atoms with van der Waals surface area (Å²) in [6.45, 7) is 7.11. The second-order valence-corrected chi connectivity index (χ2v) is 7.82. The SMILES string of the molecule is CC(C)(C)OC(=O)c1cc(-c2ccccc2)ccc1N1CCC(O)CC1. The number of hydrogen-bond acceptors (Lipinski definition) is 4. The third-order valence-electron chi connectivity index (χ3n) is 4.53. The molecule has 1 N–H and O–H groups in total. The molecule has 1 saturated heterocycles. The first-order chi connectivity index (χ1) is 12.3. The predicted octanol–water partition coefficient (Wildman–Crippen LogP) is 4.27. The topological polar surface area (TPSA) is 49.8 Å². The number of carbonyl (C=O) groups excluding carboxylic acids is 1. The number of anilines is 1. The molecule has 0 unspecified atom stereocenters. The molecule has 0 amide bonds. The summed E-state index contributed by atoms with van der Waals surface area (Å²) in [5, 5.41) is 9.78. The van der Waals surface area contributed by atoms with Gasteiger partial charge in [0, 0.05) is 13.1 Å². The standard InChI is InChI=1S/C22H27NO3/c1-22(2,3)26-21(25)19-15-17(16-7-5-4-6-8-16)9-10-20(19)23-13-11-18(24)12-14-23/h4-10,15,18,24H,11-14H2,1-3H3. The van der Waals surface area contributed by atoms with E-state index in [0.29, 0.717) is 18.4 Å². The second kappa shape index (κ2) is 7.50. The summed E-state index contributed by atoms with van der Waals surface area (Å²) in [5.41, 5.74) is 2.98. The Kier molecular flexibility index (Phi) is 5.33. The third kappa shape index (κ3) is 4.44. The predicted molar refractivity (Wildman–Crippen MR) is 105 cm³/mol. The fourth-order valence-electron chi connectivity index (χ4n) is 3.23. The van der Waals surface area contributed by atoms with Crippen molar-refractivity contribution in [3.05, 3.63) is 54.1 Å². The summed E-state index contributed by atoms with van der Waals surface area (Å²) in [4.78, 5) is 15.0. The number of benzene rings is 2. The van der Waals surface area contributed by atoms with Gasteiger partial charge < -0.3 is 14.7 Å². The molecule has 1 heterocycles. The average Bonchev–Trinajstić information content (AvgIpc) is 2.61. The smallest absolute Gasteiger partial charge is 0.340 e. The minimum absolute atomic E-state index is 0.250. The van der Waals surface area contributed by atoms with Crippen molar-refractivity contribution in [3.63, 3.8) is 0 Å². The van der Waals surface area contributed by atoms with Crippen molar-refractivity contribution in [1.82, 2.24) is 0 Å². The van der Waals surface area contributed by atoms with Crippen LogP contribution in [-0.2, 0) is 4.74 Å². The van der Waals surface area contributed by atoms with Crippen LogP contribution >= 0.6 is 0 Å². The van der Waals surface area contributed by atoms with Gasteiger partial charge >= 0.3 is 5.97 Å². The van der Waals surface area contributed by atoms with Crippen molar-refractivity contribution < 1.29 is 14.6 Å². The van der Waals surface area contributed by atoms with Crippen LogP contribution in [0.4, 0.5) is 5.69 Å². The van der Waals surface area contributed by atoms with E-state index in [1.807, 2.05) is 69.3 Å². The van der Waals surface area contributed by atoms with E-state index in [0.717, 1.165) is 29.9 Å². The third-order valence-corrected chi connectivity index (χ3v) is 4.53. The molecule has 3 rings (SSSR count). The highest BCUT2D eigenvalue weighted by Gasteiger charge is 2.25. The lowest BCUT2D eigenvalue weighted by atomic mass is 9.99. The van der Waals surface area contributed by atoms with Crippen LogP contribution in [0.2, 0.25) is 0 Å². The molecule has 0 saturated carbocycles. The van der Waals surface area contributed by atoms with Gasteiger partial charge in [-0.1, -0.05) is 36.4 Å². The van der Waals surface area contributed by atoms with E-state index < -0.39 is 5.60 Å². The van der Waals surface area contributed by atoms with Crippen LogP contribution in [0.15, 0.2) is 48.5 Å². The Bertz CT molecular complexity index is 757. The molecule has 2 aromatic rings. The van der Waals surface area contributed by atoms with Gasteiger partial charge in [0.2, 0.25) is 0 Å². The molecule has 0 aliphatic carbocycles. The van der Waals surface area contributed by atoms with Crippen LogP contribution in [0.25, 0.3) is 11.1 Å². The monoisotopic (exact) mass is 353 g/mol. The van der Waals surface area contributed by atoms with E-state index in [1.54, 1.807) is 0 Å². The number of rotatable bonds is 3. The number of carbonyl (C=O) groups is 1. The minimum atomic E-state index is -0.546. The van der Waals surface area contributed by atoms with Crippen LogP contribution < -0.4 is 4.90 Å². The maximum absolute atomic E-state index is 12.9. The molecule has 26 heavy (non-hydrogen) atoms. The van der Waals surface area contributed by atoms with E-state index in [4.69, 9.17) is 4.74 Å². The number of ether oxygens (including phenoxy) is 1. The zero-order chi connectivity index (χ0) is 18.7. The molecule has 1 fully saturated rings. The second-order valence-electron chi connectivity index (χ2n) is 7.82. The molecule has 4 nitrogen and oxygen atoms in total. The van der Waals surface area contributed by atoms with Crippen molar-refractivity contribution in [2.45, 2.75) is 45.3 Å². The molecule has 138 valence electrons. The van der Waals surface area contributed by atoms with Gasteiger partial charge in [-0.15, -0.1) is 0 Å². The molecule has 1 aliphatic rings. The first kappa shape index (κ1) is 18.5. The molecule has 0 atom stereocenters. The lowest BCUT2D eigenvalue weighted by Crippen LogP contribution is -2.37. The summed E-state index contributed by atoms with van der Waals surface area (Å²) in [5.74, 6) is -0.309. The number of esters is 1. The van der Waals surface area contributed by atoms with Crippen LogP contribution in [-0.4, -0.2) is 35.9 Å². The first-order valence-electron chi connectivity index (χ1n) is 9.19. The quantitative estimate of drug-likeness (QED) is 0.837. The Labute approximate surface area is 155 Å². The highest BCUT2D eigenvalue weighted by Crippen LogP contribution is 2.31. The van der Waals surface area contributed by atoms with Gasteiger partial charge in [-0.3, -0.25) is 0 Å². The molecule has 0 bridgehead atoms.